The number of esters is 1. The van der Waals surface area contributed by atoms with Crippen molar-refractivity contribution >= 4 is 28.6 Å². The largest absolute Gasteiger partial charge is 0.469 e. The van der Waals surface area contributed by atoms with Crippen LogP contribution in [-0.2, 0) is 15.1 Å². The molecule has 84 valence electrons. The van der Waals surface area contributed by atoms with E-state index in [9.17, 15) is 4.79 Å². The molecule has 1 aromatic heterocycles. The molecule has 0 saturated heterocycles. The van der Waals surface area contributed by atoms with Crippen LogP contribution >= 0.6 is 22.6 Å². The normalized spacial score (nSPS) is 11.5. The summed E-state index contributed by atoms with van der Waals surface area (Å²) in [5.74, 6) is -0.176. The molecule has 0 spiro atoms. The fourth-order valence-corrected chi connectivity index (χ4v) is 1.64. The van der Waals surface area contributed by atoms with Gasteiger partial charge in [-0.25, -0.2) is 0 Å². The Morgan fingerprint density at radius 1 is 1.67 bits per heavy atom. The molecule has 0 amide bonds. The minimum atomic E-state index is -0.176. The maximum Gasteiger partial charge on any atom is 0.305 e. The van der Waals surface area contributed by atoms with Crippen LogP contribution in [0.2, 0.25) is 0 Å². The van der Waals surface area contributed by atoms with Gasteiger partial charge in [-0.15, -0.1) is 0 Å². The van der Waals surface area contributed by atoms with E-state index in [0.29, 0.717) is 6.42 Å². The quantitative estimate of drug-likeness (QED) is 0.630. The minimum Gasteiger partial charge on any atom is -0.469 e. The maximum atomic E-state index is 11.0. The molecule has 0 aliphatic rings. The number of aromatic nitrogens is 2. The van der Waals surface area contributed by atoms with Gasteiger partial charge in [0, 0.05) is 12.6 Å². The number of carbonyl (C=O) groups excluding carboxylic acids is 1. The van der Waals surface area contributed by atoms with Crippen molar-refractivity contribution in [2.75, 3.05) is 7.11 Å². The lowest BCUT2D eigenvalue weighted by Gasteiger charge is -2.24. The molecule has 0 N–H and O–H groups in total. The number of rotatable bonds is 4. The van der Waals surface area contributed by atoms with Crippen molar-refractivity contribution < 1.29 is 9.53 Å². The predicted octanol–water partition coefficient (Wildman–Crippen LogP) is 2.18. The molecule has 0 atom stereocenters. The van der Waals surface area contributed by atoms with Crippen molar-refractivity contribution in [2.45, 2.75) is 32.2 Å². The Hall–Kier alpha value is -0.590. The zero-order chi connectivity index (χ0) is 11.5. The SMILES string of the molecule is COC(=O)CCC(C)(C)n1cc(I)cn1. The van der Waals surface area contributed by atoms with Crippen molar-refractivity contribution in [3.8, 4) is 0 Å². The lowest BCUT2D eigenvalue weighted by Crippen LogP contribution is -2.27. The van der Waals surface area contributed by atoms with E-state index in [-0.39, 0.29) is 11.5 Å². The second-order valence-electron chi connectivity index (χ2n) is 3.99. The van der Waals surface area contributed by atoms with E-state index in [2.05, 4.69) is 46.3 Å². The van der Waals surface area contributed by atoms with E-state index in [4.69, 9.17) is 0 Å². The van der Waals surface area contributed by atoms with E-state index in [1.54, 1.807) is 6.20 Å². The van der Waals surface area contributed by atoms with Gasteiger partial charge in [-0.3, -0.25) is 9.48 Å². The second kappa shape index (κ2) is 4.96. The summed E-state index contributed by atoms with van der Waals surface area (Å²) in [4.78, 5) is 11.0. The first-order valence-corrected chi connectivity index (χ1v) is 5.81. The average molecular weight is 322 g/mol. The first-order valence-electron chi connectivity index (χ1n) is 4.73. The Balaban J connectivity index is 2.63. The number of methoxy groups -OCH3 is 1. The third-order valence-corrected chi connectivity index (χ3v) is 2.90. The monoisotopic (exact) mass is 322 g/mol. The third-order valence-electron chi connectivity index (χ3n) is 2.34. The number of ether oxygens (including phenoxy) is 1. The van der Waals surface area contributed by atoms with Gasteiger partial charge < -0.3 is 4.74 Å². The van der Waals surface area contributed by atoms with Gasteiger partial charge in [0.05, 0.1) is 22.4 Å². The first kappa shape index (κ1) is 12.5. The molecule has 0 aliphatic heterocycles. The molecule has 1 heterocycles. The van der Waals surface area contributed by atoms with Crippen molar-refractivity contribution in [3.63, 3.8) is 0 Å². The summed E-state index contributed by atoms with van der Waals surface area (Å²) >= 11 is 2.21. The highest BCUT2D eigenvalue weighted by Crippen LogP contribution is 2.21. The molecule has 1 rings (SSSR count). The summed E-state index contributed by atoms with van der Waals surface area (Å²) in [6.07, 6.45) is 4.91. The number of nitrogens with zero attached hydrogens (tertiary/aromatic N) is 2. The Labute approximate surface area is 103 Å². The topological polar surface area (TPSA) is 44.1 Å². The van der Waals surface area contributed by atoms with Gasteiger partial charge in [-0.1, -0.05) is 0 Å². The highest BCUT2D eigenvalue weighted by molar-refractivity contribution is 14.1. The molecule has 0 unspecified atom stereocenters. The van der Waals surface area contributed by atoms with Gasteiger partial charge >= 0.3 is 5.97 Å². The standard InChI is InChI=1S/C10H15IN2O2/c1-10(2,5-4-9(14)15-3)13-7-8(11)6-12-13/h6-7H,4-5H2,1-3H3. The van der Waals surface area contributed by atoms with Gasteiger partial charge in [-0.05, 0) is 42.9 Å². The lowest BCUT2D eigenvalue weighted by atomic mass is 9.99. The summed E-state index contributed by atoms with van der Waals surface area (Å²) < 4.78 is 7.60. The molecule has 0 fully saturated rings. The van der Waals surface area contributed by atoms with Crippen molar-refractivity contribution in [2.24, 2.45) is 0 Å². The first-order chi connectivity index (χ1) is 6.95. The van der Waals surface area contributed by atoms with E-state index in [1.807, 2.05) is 10.9 Å². The molecule has 0 bridgehead atoms. The van der Waals surface area contributed by atoms with Crippen molar-refractivity contribution in [1.29, 1.82) is 0 Å². The van der Waals surface area contributed by atoms with Crippen LogP contribution in [0.15, 0.2) is 12.4 Å². The number of carbonyl (C=O) groups is 1. The second-order valence-corrected chi connectivity index (χ2v) is 5.24. The van der Waals surface area contributed by atoms with Crippen molar-refractivity contribution in [3.05, 3.63) is 16.0 Å². The minimum absolute atomic E-state index is 0.155. The van der Waals surface area contributed by atoms with Crippen LogP contribution in [0, 0.1) is 3.57 Å². The molecular formula is C10H15IN2O2. The molecule has 1 aromatic rings. The Bertz CT molecular complexity index is 347. The van der Waals surface area contributed by atoms with Crippen LogP contribution in [0.5, 0.6) is 0 Å². The summed E-state index contributed by atoms with van der Waals surface area (Å²) in [6, 6.07) is 0. The third kappa shape index (κ3) is 3.48. The summed E-state index contributed by atoms with van der Waals surface area (Å²) in [5.41, 5.74) is -0.155. The van der Waals surface area contributed by atoms with Crippen LogP contribution in [0.3, 0.4) is 0 Å². The maximum absolute atomic E-state index is 11.0. The highest BCUT2D eigenvalue weighted by atomic mass is 127. The van der Waals surface area contributed by atoms with Crippen LogP contribution in [-0.4, -0.2) is 22.9 Å². The lowest BCUT2D eigenvalue weighted by molar-refractivity contribution is -0.141. The summed E-state index contributed by atoms with van der Waals surface area (Å²) in [6.45, 7) is 4.11. The van der Waals surface area contributed by atoms with Crippen LogP contribution in [0.1, 0.15) is 26.7 Å². The molecule has 5 heteroatoms. The summed E-state index contributed by atoms with van der Waals surface area (Å²) in [5, 5.41) is 4.25. The Morgan fingerprint density at radius 3 is 2.80 bits per heavy atom. The van der Waals surface area contributed by atoms with Crippen LogP contribution in [0.4, 0.5) is 0 Å². The van der Waals surface area contributed by atoms with Crippen molar-refractivity contribution in [1.82, 2.24) is 9.78 Å². The molecule has 4 nitrogen and oxygen atoms in total. The predicted molar refractivity (Wildman–Crippen MR) is 65.5 cm³/mol. The van der Waals surface area contributed by atoms with Gasteiger partial charge in [0.15, 0.2) is 0 Å². The molecule has 0 aromatic carbocycles. The Kier molecular flexibility index (Phi) is 4.12. The summed E-state index contributed by atoms with van der Waals surface area (Å²) in [7, 11) is 1.41. The zero-order valence-corrected chi connectivity index (χ0v) is 11.3. The van der Waals surface area contributed by atoms with E-state index in [1.165, 1.54) is 7.11 Å². The fourth-order valence-electron chi connectivity index (χ4n) is 1.26. The van der Waals surface area contributed by atoms with E-state index in [0.717, 1.165) is 9.99 Å². The van der Waals surface area contributed by atoms with E-state index >= 15 is 0 Å². The smallest absolute Gasteiger partial charge is 0.305 e. The van der Waals surface area contributed by atoms with Crippen LogP contribution < -0.4 is 0 Å². The number of hydrogen-bond donors (Lipinski definition) is 0. The fraction of sp³-hybridized carbons (Fsp3) is 0.600. The number of hydrogen-bond acceptors (Lipinski definition) is 3. The number of halogens is 1. The molecule has 0 radical (unpaired) electrons. The Morgan fingerprint density at radius 2 is 2.33 bits per heavy atom. The zero-order valence-electron chi connectivity index (χ0n) is 9.16. The van der Waals surface area contributed by atoms with Gasteiger partial charge in [0.25, 0.3) is 0 Å². The van der Waals surface area contributed by atoms with Crippen LogP contribution in [0.25, 0.3) is 0 Å². The van der Waals surface area contributed by atoms with Gasteiger partial charge in [0.2, 0.25) is 0 Å². The molecule has 15 heavy (non-hydrogen) atoms. The molecule has 0 aliphatic carbocycles. The molecule has 0 saturated carbocycles. The van der Waals surface area contributed by atoms with Gasteiger partial charge in [-0.2, -0.15) is 5.10 Å². The molecular weight excluding hydrogens is 307 g/mol. The van der Waals surface area contributed by atoms with E-state index < -0.39 is 0 Å². The average Bonchev–Trinajstić information content (AvgIpc) is 2.62. The van der Waals surface area contributed by atoms with Gasteiger partial charge in [0.1, 0.15) is 0 Å². The highest BCUT2D eigenvalue weighted by Gasteiger charge is 2.22.